The van der Waals surface area contributed by atoms with Crippen LogP contribution in [0.15, 0.2) is 11.5 Å². The highest BCUT2D eigenvalue weighted by molar-refractivity contribution is 5.94. The molecule has 13 heavy (non-hydrogen) atoms. The molecule has 6 heteroatoms. The molecule has 0 bridgehead atoms. The van der Waals surface area contributed by atoms with Crippen molar-refractivity contribution in [2.75, 3.05) is 13.7 Å². The lowest BCUT2D eigenvalue weighted by molar-refractivity contribution is -0.119. The maximum absolute atomic E-state index is 10.9. The zero-order chi connectivity index (χ0) is 10.0. The molecule has 1 amide bonds. The molecule has 1 aliphatic heterocycles. The van der Waals surface area contributed by atoms with Crippen molar-refractivity contribution >= 4 is 5.91 Å². The third-order valence-electron chi connectivity index (χ3n) is 1.81. The monoisotopic (exact) mass is 189 g/mol. The molecule has 0 aromatic rings. The molecule has 0 aliphatic carbocycles. The first-order chi connectivity index (χ1) is 6.11. The maximum atomic E-state index is 10.9. The fourth-order valence-electron chi connectivity index (χ4n) is 1.13. The van der Waals surface area contributed by atoms with Gasteiger partial charge in [0.05, 0.1) is 13.7 Å². The van der Waals surface area contributed by atoms with Crippen LogP contribution in [0.5, 0.6) is 0 Å². The molecule has 0 unspecified atom stereocenters. The van der Waals surface area contributed by atoms with Gasteiger partial charge in [-0.3, -0.25) is 4.79 Å². The summed E-state index contributed by atoms with van der Waals surface area (Å²) in [5.74, 6) is -1.32. The van der Waals surface area contributed by atoms with E-state index in [0.29, 0.717) is 0 Å². The molecular weight excluding hydrogens is 178 g/mol. The number of carbonyl (C=O) groups excluding carboxylic acids is 1. The molecule has 74 valence electrons. The molecule has 0 saturated heterocycles. The molecule has 1 heterocycles. The number of aliphatic hydroxyl groups is 3. The van der Waals surface area contributed by atoms with E-state index in [-0.39, 0.29) is 5.76 Å². The lowest BCUT2D eigenvalue weighted by Gasteiger charge is -2.17. The third-order valence-corrected chi connectivity index (χ3v) is 1.81. The van der Waals surface area contributed by atoms with E-state index in [4.69, 9.17) is 14.9 Å². The summed E-state index contributed by atoms with van der Waals surface area (Å²) in [6.45, 7) is -0.523. The van der Waals surface area contributed by atoms with Crippen molar-refractivity contribution < 1.29 is 24.9 Å². The highest BCUT2D eigenvalue weighted by Gasteiger charge is 2.37. The van der Waals surface area contributed by atoms with Crippen LogP contribution in [-0.2, 0) is 9.53 Å². The SMILES string of the molecule is COC1=C(O)C(=O)N[C@@H]1[C@@H](O)CO. The Morgan fingerprint density at radius 1 is 1.69 bits per heavy atom. The molecule has 1 rings (SSSR count). The van der Waals surface area contributed by atoms with Crippen LogP contribution in [0.2, 0.25) is 0 Å². The number of rotatable bonds is 3. The van der Waals surface area contributed by atoms with Crippen LogP contribution in [0.3, 0.4) is 0 Å². The normalized spacial score (nSPS) is 24.5. The average Bonchev–Trinajstić information content (AvgIpc) is 2.42. The van der Waals surface area contributed by atoms with E-state index in [9.17, 15) is 9.90 Å². The standard InChI is InChI=1S/C7H11NO5/c1-13-6-4(3(10)2-9)8-7(12)5(6)11/h3-4,9-11H,2H2,1H3,(H,8,12)/t3-,4+/m0/s1. The molecule has 0 aromatic heterocycles. The smallest absolute Gasteiger partial charge is 0.290 e. The van der Waals surface area contributed by atoms with Crippen LogP contribution < -0.4 is 5.32 Å². The number of hydrogen-bond donors (Lipinski definition) is 4. The minimum absolute atomic E-state index is 0.0495. The number of nitrogens with one attached hydrogen (secondary N) is 1. The van der Waals surface area contributed by atoms with Crippen molar-refractivity contribution in [3.05, 3.63) is 11.5 Å². The lowest BCUT2D eigenvalue weighted by atomic mass is 10.1. The molecule has 6 nitrogen and oxygen atoms in total. The van der Waals surface area contributed by atoms with Crippen molar-refractivity contribution in [2.45, 2.75) is 12.1 Å². The van der Waals surface area contributed by atoms with E-state index in [0.717, 1.165) is 0 Å². The molecule has 0 saturated carbocycles. The quantitative estimate of drug-likeness (QED) is 0.422. The van der Waals surface area contributed by atoms with E-state index in [2.05, 4.69) is 5.32 Å². The summed E-state index contributed by atoms with van der Waals surface area (Å²) in [6.07, 6.45) is -1.18. The minimum Gasteiger partial charge on any atom is -0.501 e. The molecular formula is C7H11NO5. The number of methoxy groups -OCH3 is 1. The van der Waals surface area contributed by atoms with Crippen LogP contribution in [0.4, 0.5) is 0 Å². The van der Waals surface area contributed by atoms with Gasteiger partial charge in [0.2, 0.25) is 5.76 Å². The van der Waals surface area contributed by atoms with E-state index in [1.165, 1.54) is 7.11 Å². The second-order valence-electron chi connectivity index (χ2n) is 2.62. The molecule has 4 N–H and O–H groups in total. The summed E-state index contributed by atoms with van der Waals surface area (Å²) in [5.41, 5.74) is 0. The fourth-order valence-corrected chi connectivity index (χ4v) is 1.13. The lowest BCUT2D eigenvalue weighted by Crippen LogP contribution is -2.41. The van der Waals surface area contributed by atoms with Gasteiger partial charge in [0.15, 0.2) is 5.76 Å². The highest BCUT2D eigenvalue weighted by atomic mass is 16.5. The number of hydrogen-bond acceptors (Lipinski definition) is 5. The Labute approximate surface area is 74.4 Å². The second-order valence-corrected chi connectivity index (χ2v) is 2.62. The summed E-state index contributed by atoms with van der Waals surface area (Å²) >= 11 is 0. The van der Waals surface area contributed by atoms with Gasteiger partial charge in [-0.05, 0) is 0 Å². The van der Waals surface area contributed by atoms with Gasteiger partial charge in [-0.15, -0.1) is 0 Å². The number of carbonyl (C=O) groups is 1. The van der Waals surface area contributed by atoms with Crippen molar-refractivity contribution in [1.29, 1.82) is 0 Å². The van der Waals surface area contributed by atoms with E-state index < -0.39 is 30.4 Å². The van der Waals surface area contributed by atoms with E-state index in [1.807, 2.05) is 0 Å². The molecule has 1 aliphatic rings. The van der Waals surface area contributed by atoms with Gasteiger partial charge in [0.1, 0.15) is 12.1 Å². The summed E-state index contributed by atoms with van der Waals surface area (Å²) in [7, 11) is 1.27. The van der Waals surface area contributed by atoms with Crippen molar-refractivity contribution in [1.82, 2.24) is 5.32 Å². The van der Waals surface area contributed by atoms with Gasteiger partial charge in [-0.2, -0.15) is 0 Å². The molecule has 0 radical (unpaired) electrons. The van der Waals surface area contributed by atoms with Crippen molar-refractivity contribution in [3.63, 3.8) is 0 Å². The number of ether oxygens (including phenoxy) is 1. The first-order valence-electron chi connectivity index (χ1n) is 3.68. The van der Waals surface area contributed by atoms with Gasteiger partial charge in [0, 0.05) is 0 Å². The number of amides is 1. The Kier molecular flexibility index (Phi) is 2.74. The fraction of sp³-hybridized carbons (Fsp3) is 0.571. The average molecular weight is 189 g/mol. The van der Waals surface area contributed by atoms with Gasteiger partial charge in [-0.1, -0.05) is 0 Å². The van der Waals surface area contributed by atoms with Gasteiger partial charge < -0.3 is 25.4 Å². The topological polar surface area (TPSA) is 99.0 Å². The summed E-state index contributed by atoms with van der Waals surface area (Å²) in [4.78, 5) is 10.9. The predicted molar refractivity (Wildman–Crippen MR) is 41.7 cm³/mol. The van der Waals surface area contributed by atoms with Gasteiger partial charge in [-0.25, -0.2) is 0 Å². The van der Waals surface area contributed by atoms with Crippen LogP contribution in [-0.4, -0.2) is 47.1 Å². The van der Waals surface area contributed by atoms with Gasteiger partial charge in [0.25, 0.3) is 5.91 Å². The number of aliphatic hydroxyl groups excluding tert-OH is 3. The van der Waals surface area contributed by atoms with Crippen molar-refractivity contribution in [3.8, 4) is 0 Å². The Bertz CT molecular complexity index is 249. The predicted octanol–water partition coefficient (Wildman–Crippen LogP) is -1.75. The minimum atomic E-state index is -1.18. The van der Waals surface area contributed by atoms with Crippen LogP contribution in [0.25, 0.3) is 0 Å². The Morgan fingerprint density at radius 2 is 2.31 bits per heavy atom. The van der Waals surface area contributed by atoms with E-state index >= 15 is 0 Å². The second kappa shape index (κ2) is 3.63. The summed E-state index contributed by atoms with van der Waals surface area (Å²) in [6, 6.07) is -0.873. The zero-order valence-electron chi connectivity index (χ0n) is 7.02. The first-order valence-corrected chi connectivity index (χ1v) is 3.68. The highest BCUT2D eigenvalue weighted by Crippen LogP contribution is 2.18. The largest absolute Gasteiger partial charge is 0.501 e. The molecule has 2 atom stereocenters. The summed E-state index contributed by atoms with van der Waals surface area (Å²) < 4.78 is 4.70. The van der Waals surface area contributed by atoms with Crippen LogP contribution in [0, 0.1) is 0 Å². The Morgan fingerprint density at radius 3 is 2.77 bits per heavy atom. The Hall–Kier alpha value is -1.27. The Balaban J connectivity index is 2.86. The molecule has 0 spiro atoms. The molecule has 0 fully saturated rings. The van der Waals surface area contributed by atoms with Crippen LogP contribution >= 0.6 is 0 Å². The van der Waals surface area contributed by atoms with Gasteiger partial charge >= 0.3 is 0 Å². The third kappa shape index (κ3) is 1.58. The van der Waals surface area contributed by atoms with Crippen LogP contribution in [0.1, 0.15) is 0 Å². The maximum Gasteiger partial charge on any atom is 0.290 e. The zero-order valence-corrected chi connectivity index (χ0v) is 7.02. The first kappa shape index (κ1) is 9.82. The van der Waals surface area contributed by atoms with E-state index in [1.54, 1.807) is 0 Å². The van der Waals surface area contributed by atoms with Crippen molar-refractivity contribution in [2.24, 2.45) is 0 Å². The summed E-state index contributed by atoms with van der Waals surface area (Å²) in [5, 5.41) is 29.2. The molecule has 0 aromatic carbocycles.